The van der Waals surface area contributed by atoms with Gasteiger partial charge in [0.1, 0.15) is 6.04 Å². The molecule has 8 heteroatoms. The number of aliphatic carboxylic acids is 1. The summed E-state index contributed by atoms with van der Waals surface area (Å²) in [4.78, 5) is 34.9. The lowest BCUT2D eigenvalue weighted by Gasteiger charge is -2.21. The quantitative estimate of drug-likeness (QED) is 0.721. The van der Waals surface area contributed by atoms with Crippen molar-refractivity contribution >= 4 is 29.5 Å². The normalized spacial score (nSPS) is 11.5. The summed E-state index contributed by atoms with van der Waals surface area (Å²) in [7, 11) is 1.50. The highest BCUT2D eigenvalue weighted by molar-refractivity contribution is 6.30. The van der Waals surface area contributed by atoms with E-state index < -0.39 is 30.4 Å². The molecule has 3 amide bonds. The van der Waals surface area contributed by atoms with Crippen molar-refractivity contribution in [3.05, 3.63) is 34.9 Å². The maximum Gasteiger partial charge on any atom is 0.326 e. The lowest BCUT2D eigenvalue weighted by atomic mass is 10.2. The Kier molecular flexibility index (Phi) is 5.98. The van der Waals surface area contributed by atoms with Gasteiger partial charge in [0.05, 0.1) is 6.42 Å². The second-order valence-electron chi connectivity index (χ2n) is 4.50. The SMILES string of the molecule is CN(Cc1cccc(Cl)c1)C(=O)N[C@@H](CC(N)=O)C(=O)O. The molecule has 1 rings (SSSR count). The number of carbonyl (C=O) groups is 3. The zero-order valence-corrected chi connectivity index (χ0v) is 12.1. The summed E-state index contributed by atoms with van der Waals surface area (Å²) in [5.74, 6) is -2.13. The second kappa shape index (κ2) is 7.49. The zero-order valence-electron chi connectivity index (χ0n) is 11.4. The molecule has 0 fully saturated rings. The van der Waals surface area contributed by atoms with E-state index >= 15 is 0 Å². The van der Waals surface area contributed by atoms with Crippen LogP contribution in [0, 0.1) is 0 Å². The molecule has 0 spiro atoms. The van der Waals surface area contributed by atoms with Gasteiger partial charge in [-0.1, -0.05) is 23.7 Å². The van der Waals surface area contributed by atoms with Crippen LogP contribution in [0.25, 0.3) is 0 Å². The van der Waals surface area contributed by atoms with Crippen LogP contribution in [0.15, 0.2) is 24.3 Å². The molecule has 0 saturated carbocycles. The Balaban J connectivity index is 2.64. The van der Waals surface area contributed by atoms with Crippen molar-refractivity contribution in [3.8, 4) is 0 Å². The maximum absolute atomic E-state index is 11.9. The van der Waals surface area contributed by atoms with E-state index in [-0.39, 0.29) is 6.54 Å². The zero-order chi connectivity index (χ0) is 16.0. The molecule has 0 saturated heterocycles. The number of carboxylic acids is 1. The van der Waals surface area contributed by atoms with E-state index in [0.717, 1.165) is 5.56 Å². The average molecular weight is 314 g/mol. The van der Waals surface area contributed by atoms with Crippen LogP contribution in [0.1, 0.15) is 12.0 Å². The largest absolute Gasteiger partial charge is 0.480 e. The van der Waals surface area contributed by atoms with Gasteiger partial charge in [0, 0.05) is 18.6 Å². The molecule has 21 heavy (non-hydrogen) atoms. The average Bonchev–Trinajstić information content (AvgIpc) is 2.37. The third kappa shape index (κ3) is 5.70. The molecule has 0 bridgehead atoms. The van der Waals surface area contributed by atoms with Gasteiger partial charge in [0.2, 0.25) is 5.91 Å². The van der Waals surface area contributed by atoms with E-state index in [1.54, 1.807) is 24.3 Å². The number of hydrogen-bond donors (Lipinski definition) is 3. The smallest absolute Gasteiger partial charge is 0.326 e. The molecule has 1 aromatic carbocycles. The van der Waals surface area contributed by atoms with E-state index in [0.29, 0.717) is 5.02 Å². The molecular weight excluding hydrogens is 298 g/mol. The number of carboxylic acid groups (broad SMARTS) is 1. The Bertz CT molecular complexity index is 550. The summed E-state index contributed by atoms with van der Waals surface area (Å²) in [6.45, 7) is 0.245. The monoisotopic (exact) mass is 313 g/mol. The molecule has 7 nitrogen and oxygen atoms in total. The van der Waals surface area contributed by atoms with E-state index in [2.05, 4.69) is 5.32 Å². The molecule has 0 heterocycles. The third-order valence-electron chi connectivity index (χ3n) is 2.66. The van der Waals surface area contributed by atoms with Crippen molar-refractivity contribution in [3.63, 3.8) is 0 Å². The van der Waals surface area contributed by atoms with Crippen LogP contribution >= 0.6 is 11.6 Å². The number of primary amides is 1. The van der Waals surface area contributed by atoms with Crippen LogP contribution in [0.3, 0.4) is 0 Å². The highest BCUT2D eigenvalue weighted by Gasteiger charge is 2.23. The van der Waals surface area contributed by atoms with Crippen LogP contribution in [-0.4, -0.2) is 41.0 Å². The Morgan fingerprint density at radius 1 is 1.43 bits per heavy atom. The Morgan fingerprint density at radius 2 is 2.10 bits per heavy atom. The number of benzene rings is 1. The highest BCUT2D eigenvalue weighted by Crippen LogP contribution is 2.12. The van der Waals surface area contributed by atoms with Gasteiger partial charge in [-0.2, -0.15) is 0 Å². The molecule has 0 unspecified atom stereocenters. The van der Waals surface area contributed by atoms with Gasteiger partial charge in [-0.15, -0.1) is 0 Å². The molecule has 0 aliphatic heterocycles. The molecular formula is C13H16ClN3O4. The number of nitrogens with two attached hydrogens (primary N) is 1. The fraction of sp³-hybridized carbons (Fsp3) is 0.308. The minimum absolute atomic E-state index is 0.245. The van der Waals surface area contributed by atoms with Gasteiger partial charge >= 0.3 is 12.0 Å². The first-order valence-corrected chi connectivity index (χ1v) is 6.44. The third-order valence-corrected chi connectivity index (χ3v) is 2.89. The number of nitrogens with one attached hydrogen (secondary N) is 1. The van der Waals surface area contributed by atoms with Crippen LogP contribution < -0.4 is 11.1 Å². The first-order valence-electron chi connectivity index (χ1n) is 6.06. The van der Waals surface area contributed by atoms with Crippen molar-refractivity contribution in [1.29, 1.82) is 0 Å². The fourth-order valence-corrected chi connectivity index (χ4v) is 1.85. The summed E-state index contributed by atoms with van der Waals surface area (Å²) in [6, 6.07) is 4.96. The van der Waals surface area contributed by atoms with Crippen LogP contribution in [-0.2, 0) is 16.1 Å². The van der Waals surface area contributed by atoms with Crippen molar-refractivity contribution < 1.29 is 19.5 Å². The fourth-order valence-electron chi connectivity index (χ4n) is 1.64. The molecule has 1 aromatic rings. The van der Waals surface area contributed by atoms with Crippen molar-refractivity contribution in [1.82, 2.24) is 10.2 Å². The minimum atomic E-state index is -1.35. The predicted octanol–water partition coefficient (Wildman–Crippen LogP) is 0.810. The van der Waals surface area contributed by atoms with Gasteiger partial charge in [0.15, 0.2) is 0 Å². The molecule has 1 atom stereocenters. The first-order chi connectivity index (χ1) is 9.79. The number of urea groups is 1. The Labute approximate surface area is 126 Å². The van der Waals surface area contributed by atoms with E-state index in [4.69, 9.17) is 22.4 Å². The van der Waals surface area contributed by atoms with Gasteiger partial charge < -0.3 is 21.1 Å². The number of amides is 3. The minimum Gasteiger partial charge on any atom is -0.480 e. The number of rotatable bonds is 6. The molecule has 0 aromatic heterocycles. The van der Waals surface area contributed by atoms with Crippen molar-refractivity contribution in [2.45, 2.75) is 19.0 Å². The summed E-state index contributed by atoms with van der Waals surface area (Å²) in [6.07, 6.45) is -0.466. The highest BCUT2D eigenvalue weighted by atomic mass is 35.5. The lowest BCUT2D eigenvalue weighted by Crippen LogP contribution is -2.48. The van der Waals surface area contributed by atoms with Crippen molar-refractivity contribution in [2.75, 3.05) is 7.05 Å². The summed E-state index contributed by atoms with van der Waals surface area (Å²) < 4.78 is 0. The standard InChI is InChI=1S/C13H16ClN3O4/c1-17(7-8-3-2-4-9(14)5-8)13(21)16-10(12(19)20)6-11(15)18/h2-5,10H,6-7H2,1H3,(H2,15,18)(H,16,21)(H,19,20)/t10-/m0/s1. The number of nitrogens with zero attached hydrogens (tertiary/aromatic N) is 1. The van der Waals surface area contributed by atoms with E-state index in [1.807, 2.05) is 0 Å². The second-order valence-corrected chi connectivity index (χ2v) is 4.93. The van der Waals surface area contributed by atoms with Crippen LogP contribution in [0.4, 0.5) is 4.79 Å². The van der Waals surface area contributed by atoms with Gasteiger partial charge in [-0.3, -0.25) is 4.79 Å². The number of halogens is 1. The molecule has 0 aliphatic carbocycles. The summed E-state index contributed by atoms with van der Waals surface area (Å²) in [5.41, 5.74) is 5.73. The number of carbonyl (C=O) groups excluding carboxylic acids is 2. The number of hydrogen-bond acceptors (Lipinski definition) is 3. The van der Waals surface area contributed by atoms with Gasteiger partial charge in [-0.05, 0) is 17.7 Å². The van der Waals surface area contributed by atoms with Gasteiger partial charge in [-0.25, -0.2) is 9.59 Å². The molecule has 114 valence electrons. The van der Waals surface area contributed by atoms with Crippen molar-refractivity contribution in [2.24, 2.45) is 5.73 Å². The van der Waals surface area contributed by atoms with Crippen LogP contribution in [0.5, 0.6) is 0 Å². The topological polar surface area (TPSA) is 113 Å². The lowest BCUT2D eigenvalue weighted by molar-refractivity contribution is -0.140. The Hall–Kier alpha value is -2.28. The van der Waals surface area contributed by atoms with Crippen LogP contribution in [0.2, 0.25) is 5.02 Å². The van der Waals surface area contributed by atoms with Gasteiger partial charge in [0.25, 0.3) is 0 Å². The van der Waals surface area contributed by atoms with E-state index in [1.165, 1.54) is 11.9 Å². The maximum atomic E-state index is 11.9. The molecule has 0 aliphatic rings. The first kappa shape index (κ1) is 16.8. The van der Waals surface area contributed by atoms with E-state index in [9.17, 15) is 14.4 Å². The molecule has 4 N–H and O–H groups in total. The molecule has 0 radical (unpaired) electrons. The predicted molar refractivity (Wildman–Crippen MR) is 76.7 cm³/mol. The summed E-state index contributed by atoms with van der Waals surface area (Å²) >= 11 is 5.84. The Morgan fingerprint density at radius 3 is 2.62 bits per heavy atom. The summed E-state index contributed by atoms with van der Waals surface area (Å²) in [5, 5.41) is 11.7.